The average Bonchev–Trinajstić information content (AvgIpc) is 2.49. The number of hydrogen-bond acceptors (Lipinski definition) is 3. The lowest BCUT2D eigenvalue weighted by atomic mass is 10.2. The van der Waals surface area contributed by atoms with E-state index < -0.39 is 0 Å². The van der Waals surface area contributed by atoms with Crippen molar-refractivity contribution < 1.29 is 10.2 Å². The number of benzene rings is 1. The number of aromatic hydroxyl groups is 1. The van der Waals surface area contributed by atoms with Crippen LogP contribution >= 0.6 is 27.3 Å². The van der Waals surface area contributed by atoms with Crippen molar-refractivity contribution in [1.82, 2.24) is 0 Å². The molecule has 1 heterocycles. The molecule has 2 rings (SSSR count). The van der Waals surface area contributed by atoms with Crippen molar-refractivity contribution in [3.63, 3.8) is 0 Å². The van der Waals surface area contributed by atoms with Gasteiger partial charge >= 0.3 is 0 Å². The van der Waals surface area contributed by atoms with Crippen molar-refractivity contribution in [2.45, 2.75) is 6.61 Å². The smallest absolute Gasteiger partial charge is 0.135 e. The number of hydrogen-bond donors (Lipinski definition) is 2. The molecule has 0 atom stereocenters. The summed E-state index contributed by atoms with van der Waals surface area (Å²) in [5.74, 6) is 0.266. The summed E-state index contributed by atoms with van der Waals surface area (Å²) in [5.41, 5.74) is 0.793. The summed E-state index contributed by atoms with van der Waals surface area (Å²) in [5, 5.41) is 21.0. The number of rotatable bonds is 1. The predicted octanol–water partition coefficient (Wildman–Crippen LogP) is 2.86. The Hall–Kier alpha value is -0.580. The Morgan fingerprint density at radius 3 is 2.85 bits per heavy atom. The van der Waals surface area contributed by atoms with E-state index in [1.807, 2.05) is 12.1 Å². The van der Waals surface area contributed by atoms with Crippen LogP contribution in [-0.4, -0.2) is 10.2 Å². The zero-order valence-corrected chi connectivity index (χ0v) is 9.02. The van der Waals surface area contributed by atoms with E-state index in [4.69, 9.17) is 5.11 Å². The molecule has 2 N–H and O–H groups in total. The van der Waals surface area contributed by atoms with Gasteiger partial charge in [0, 0.05) is 19.9 Å². The first-order valence-corrected chi connectivity index (χ1v) is 5.39. The van der Waals surface area contributed by atoms with Gasteiger partial charge in [-0.15, -0.1) is 11.3 Å². The first kappa shape index (κ1) is 8.99. The molecule has 1 aromatic heterocycles. The third kappa shape index (κ3) is 1.35. The molecule has 68 valence electrons. The lowest BCUT2D eigenvalue weighted by molar-refractivity contribution is 0.281. The Morgan fingerprint density at radius 1 is 1.38 bits per heavy atom. The Balaban J connectivity index is 2.83. The molecule has 0 saturated carbocycles. The van der Waals surface area contributed by atoms with Crippen LogP contribution in [-0.2, 0) is 6.61 Å². The molecule has 4 heteroatoms. The first-order chi connectivity index (χ1) is 6.24. The summed E-state index contributed by atoms with van der Waals surface area (Å²) in [6.45, 7) is -0.0220. The van der Waals surface area contributed by atoms with E-state index in [0.29, 0.717) is 0 Å². The molecule has 0 aliphatic rings. The summed E-state index contributed by atoms with van der Waals surface area (Å²) in [7, 11) is 0. The number of aliphatic hydroxyl groups is 1. The molecular formula is C9H7BrO2S. The van der Waals surface area contributed by atoms with Gasteiger partial charge in [-0.05, 0) is 27.6 Å². The second-order valence-electron chi connectivity index (χ2n) is 2.69. The molecular weight excluding hydrogens is 252 g/mol. The lowest BCUT2D eigenvalue weighted by Crippen LogP contribution is -1.84. The Labute approximate surface area is 87.6 Å². The summed E-state index contributed by atoms with van der Waals surface area (Å²) in [4.78, 5) is 0. The minimum absolute atomic E-state index is 0.0220. The molecule has 2 aromatic rings. The third-order valence-corrected chi connectivity index (χ3v) is 3.75. The lowest BCUT2D eigenvalue weighted by Gasteiger charge is -2.01. The SMILES string of the molecule is OCc1ccc2scc(O)c2c1Br. The standard InChI is InChI=1S/C9H7BrO2S/c10-9-5(3-11)1-2-7-8(9)6(12)4-13-7/h1-2,4,11-12H,3H2. The van der Waals surface area contributed by atoms with Crippen LogP contribution in [0.2, 0.25) is 0 Å². The minimum Gasteiger partial charge on any atom is -0.506 e. The highest BCUT2D eigenvalue weighted by Gasteiger charge is 2.09. The van der Waals surface area contributed by atoms with Crippen LogP contribution in [0.4, 0.5) is 0 Å². The minimum atomic E-state index is -0.0220. The predicted molar refractivity (Wildman–Crippen MR) is 57.1 cm³/mol. The maximum absolute atomic E-state index is 9.51. The maximum Gasteiger partial charge on any atom is 0.135 e. The van der Waals surface area contributed by atoms with E-state index in [2.05, 4.69) is 15.9 Å². The summed E-state index contributed by atoms with van der Waals surface area (Å²) >= 11 is 4.84. The largest absolute Gasteiger partial charge is 0.506 e. The topological polar surface area (TPSA) is 40.5 Å². The van der Waals surface area contributed by atoms with Crippen LogP contribution in [0, 0.1) is 0 Å². The van der Waals surface area contributed by atoms with Gasteiger partial charge in [0.15, 0.2) is 0 Å². The number of halogens is 1. The molecule has 1 aromatic carbocycles. The first-order valence-electron chi connectivity index (χ1n) is 3.72. The van der Waals surface area contributed by atoms with Crippen LogP contribution in [0.3, 0.4) is 0 Å². The zero-order valence-electron chi connectivity index (χ0n) is 6.62. The van der Waals surface area contributed by atoms with Gasteiger partial charge in [-0.3, -0.25) is 0 Å². The van der Waals surface area contributed by atoms with Crippen molar-refractivity contribution in [1.29, 1.82) is 0 Å². The Kier molecular flexibility index (Phi) is 2.27. The van der Waals surface area contributed by atoms with E-state index in [1.54, 1.807) is 5.38 Å². The number of thiophene rings is 1. The van der Waals surface area contributed by atoms with Crippen molar-refractivity contribution in [2.75, 3.05) is 0 Å². The quantitative estimate of drug-likeness (QED) is 0.826. The number of aliphatic hydroxyl groups excluding tert-OH is 1. The Bertz CT molecular complexity index is 450. The van der Waals surface area contributed by atoms with Crippen molar-refractivity contribution in [3.05, 3.63) is 27.5 Å². The molecule has 0 bridgehead atoms. The molecule has 2 nitrogen and oxygen atoms in total. The van der Waals surface area contributed by atoms with E-state index in [-0.39, 0.29) is 12.4 Å². The molecule has 13 heavy (non-hydrogen) atoms. The highest BCUT2D eigenvalue weighted by Crippen LogP contribution is 2.38. The van der Waals surface area contributed by atoms with E-state index in [0.717, 1.165) is 20.1 Å². The molecule has 0 spiro atoms. The Morgan fingerprint density at radius 2 is 2.15 bits per heavy atom. The van der Waals surface area contributed by atoms with Crippen LogP contribution < -0.4 is 0 Å². The van der Waals surface area contributed by atoms with Gasteiger partial charge in [0.05, 0.1) is 6.61 Å². The monoisotopic (exact) mass is 258 g/mol. The third-order valence-electron chi connectivity index (χ3n) is 1.91. The van der Waals surface area contributed by atoms with Crippen molar-refractivity contribution >= 4 is 37.4 Å². The van der Waals surface area contributed by atoms with Crippen molar-refractivity contribution in [3.8, 4) is 5.75 Å². The zero-order chi connectivity index (χ0) is 9.42. The van der Waals surface area contributed by atoms with Crippen LogP contribution in [0.15, 0.2) is 22.0 Å². The molecule has 0 fully saturated rings. The molecule has 0 amide bonds. The fourth-order valence-electron chi connectivity index (χ4n) is 1.24. The summed E-state index contributed by atoms with van der Waals surface area (Å²) in [6.07, 6.45) is 0. The van der Waals surface area contributed by atoms with Gasteiger partial charge in [-0.1, -0.05) is 6.07 Å². The summed E-state index contributed by atoms with van der Waals surface area (Å²) in [6, 6.07) is 3.75. The molecule has 0 aliphatic carbocycles. The van der Waals surface area contributed by atoms with Crippen molar-refractivity contribution in [2.24, 2.45) is 0 Å². The number of fused-ring (bicyclic) bond motifs is 1. The fourth-order valence-corrected chi connectivity index (χ4v) is 2.87. The van der Waals surface area contributed by atoms with E-state index >= 15 is 0 Å². The van der Waals surface area contributed by atoms with E-state index in [1.165, 1.54) is 11.3 Å². The van der Waals surface area contributed by atoms with E-state index in [9.17, 15) is 5.11 Å². The average molecular weight is 259 g/mol. The fraction of sp³-hybridized carbons (Fsp3) is 0.111. The van der Waals surface area contributed by atoms with Gasteiger partial charge < -0.3 is 10.2 Å². The van der Waals surface area contributed by atoms with Gasteiger partial charge in [0.2, 0.25) is 0 Å². The summed E-state index contributed by atoms with van der Waals surface area (Å²) < 4.78 is 1.80. The van der Waals surface area contributed by atoms with Gasteiger partial charge in [0.1, 0.15) is 5.75 Å². The van der Waals surface area contributed by atoms with Gasteiger partial charge in [0.25, 0.3) is 0 Å². The molecule has 0 unspecified atom stereocenters. The van der Waals surface area contributed by atoms with Gasteiger partial charge in [-0.25, -0.2) is 0 Å². The van der Waals surface area contributed by atoms with Gasteiger partial charge in [-0.2, -0.15) is 0 Å². The molecule has 0 radical (unpaired) electrons. The second-order valence-corrected chi connectivity index (χ2v) is 4.40. The normalized spacial score (nSPS) is 10.9. The molecule has 0 aliphatic heterocycles. The van der Waals surface area contributed by atoms with Crippen LogP contribution in [0.1, 0.15) is 5.56 Å². The molecule has 0 saturated heterocycles. The maximum atomic E-state index is 9.51. The highest BCUT2D eigenvalue weighted by molar-refractivity contribution is 9.10. The second kappa shape index (κ2) is 3.29. The van der Waals surface area contributed by atoms with Crippen LogP contribution in [0.25, 0.3) is 10.1 Å². The van der Waals surface area contributed by atoms with Crippen LogP contribution in [0.5, 0.6) is 5.75 Å². The highest BCUT2D eigenvalue weighted by atomic mass is 79.9.